The van der Waals surface area contributed by atoms with Gasteiger partial charge in [-0.2, -0.15) is 0 Å². The highest BCUT2D eigenvalue weighted by atomic mass is 32.2. The van der Waals surface area contributed by atoms with E-state index in [0.717, 1.165) is 23.4 Å². The van der Waals surface area contributed by atoms with E-state index in [-0.39, 0.29) is 18.5 Å². The Balaban J connectivity index is 2.11. The van der Waals surface area contributed by atoms with E-state index in [1.54, 1.807) is 24.3 Å². The fourth-order valence-corrected chi connectivity index (χ4v) is 3.52. The monoisotopic (exact) mass is 390 g/mol. The molecule has 2 rings (SSSR count). The summed E-state index contributed by atoms with van der Waals surface area (Å²) >= 11 is 0. The maximum atomic E-state index is 12.2. The third-order valence-electron chi connectivity index (χ3n) is 3.92. The lowest BCUT2D eigenvalue weighted by Gasteiger charge is -2.23. The standard InChI is InChI=1S/C20H26N2O4S/c1-4-8-16(2)21-20(23)15-22(27(3,24)25)17-11-13-19(14-12-17)26-18-9-6-5-7-10-18/h5-7,9-14,16H,4,8,15H2,1-3H3,(H,21,23)/t16-/m0/s1. The Bertz CT molecular complexity index is 836. The molecule has 0 spiro atoms. The molecule has 0 aliphatic carbocycles. The van der Waals surface area contributed by atoms with Gasteiger partial charge in [-0.3, -0.25) is 9.10 Å². The van der Waals surface area contributed by atoms with E-state index in [0.29, 0.717) is 17.2 Å². The van der Waals surface area contributed by atoms with Crippen LogP contribution in [-0.4, -0.2) is 33.2 Å². The van der Waals surface area contributed by atoms with Gasteiger partial charge in [0.1, 0.15) is 18.0 Å². The number of sulfonamides is 1. The van der Waals surface area contributed by atoms with Crippen molar-refractivity contribution in [2.45, 2.75) is 32.7 Å². The second kappa shape index (κ2) is 9.41. The highest BCUT2D eigenvalue weighted by molar-refractivity contribution is 7.92. The van der Waals surface area contributed by atoms with E-state index in [1.165, 1.54) is 0 Å². The van der Waals surface area contributed by atoms with E-state index in [1.807, 2.05) is 44.2 Å². The largest absolute Gasteiger partial charge is 0.457 e. The molecule has 0 saturated heterocycles. The number of amides is 1. The molecule has 0 unspecified atom stereocenters. The van der Waals surface area contributed by atoms with Gasteiger partial charge < -0.3 is 10.1 Å². The molecule has 7 heteroatoms. The average Bonchev–Trinajstić information content (AvgIpc) is 2.61. The van der Waals surface area contributed by atoms with Crippen molar-refractivity contribution in [1.29, 1.82) is 0 Å². The van der Waals surface area contributed by atoms with Crippen LogP contribution in [0.4, 0.5) is 5.69 Å². The fraction of sp³-hybridized carbons (Fsp3) is 0.350. The van der Waals surface area contributed by atoms with Gasteiger partial charge in [0.2, 0.25) is 15.9 Å². The van der Waals surface area contributed by atoms with Gasteiger partial charge in [0.25, 0.3) is 0 Å². The molecular formula is C20H26N2O4S. The summed E-state index contributed by atoms with van der Waals surface area (Å²) in [7, 11) is -3.60. The van der Waals surface area contributed by atoms with Gasteiger partial charge in [-0.15, -0.1) is 0 Å². The van der Waals surface area contributed by atoms with Crippen molar-refractivity contribution in [3.8, 4) is 11.5 Å². The van der Waals surface area contributed by atoms with Crippen molar-refractivity contribution in [2.24, 2.45) is 0 Å². The molecule has 0 aliphatic rings. The van der Waals surface area contributed by atoms with Crippen molar-refractivity contribution in [2.75, 3.05) is 17.1 Å². The molecule has 27 heavy (non-hydrogen) atoms. The molecule has 0 bridgehead atoms. The molecule has 0 fully saturated rings. The van der Waals surface area contributed by atoms with Gasteiger partial charge in [-0.05, 0) is 49.7 Å². The lowest BCUT2D eigenvalue weighted by molar-refractivity contribution is -0.120. The van der Waals surface area contributed by atoms with Crippen molar-refractivity contribution in [3.05, 3.63) is 54.6 Å². The summed E-state index contributed by atoms with van der Waals surface area (Å²) in [4.78, 5) is 12.2. The first-order valence-electron chi connectivity index (χ1n) is 8.89. The van der Waals surface area contributed by atoms with Gasteiger partial charge in [-0.25, -0.2) is 8.42 Å². The Morgan fingerprint density at radius 2 is 1.67 bits per heavy atom. The molecule has 1 N–H and O–H groups in total. The Morgan fingerprint density at radius 1 is 1.07 bits per heavy atom. The quantitative estimate of drug-likeness (QED) is 0.710. The van der Waals surface area contributed by atoms with Crippen LogP contribution in [0.15, 0.2) is 54.6 Å². The third kappa shape index (κ3) is 6.60. The number of ether oxygens (including phenoxy) is 1. The van der Waals surface area contributed by atoms with E-state index < -0.39 is 10.0 Å². The topological polar surface area (TPSA) is 75.7 Å². The van der Waals surface area contributed by atoms with Crippen molar-refractivity contribution in [3.63, 3.8) is 0 Å². The molecule has 1 atom stereocenters. The van der Waals surface area contributed by atoms with Crippen molar-refractivity contribution < 1.29 is 17.9 Å². The molecule has 0 radical (unpaired) electrons. The molecule has 0 heterocycles. The van der Waals surface area contributed by atoms with Crippen LogP contribution in [0.5, 0.6) is 11.5 Å². The molecule has 2 aromatic carbocycles. The zero-order chi connectivity index (χ0) is 19.9. The summed E-state index contributed by atoms with van der Waals surface area (Å²) in [5, 5.41) is 2.83. The highest BCUT2D eigenvalue weighted by Crippen LogP contribution is 2.25. The number of hydrogen-bond acceptors (Lipinski definition) is 4. The maximum Gasteiger partial charge on any atom is 0.240 e. The van der Waals surface area contributed by atoms with Crippen LogP contribution in [0.2, 0.25) is 0 Å². The van der Waals surface area contributed by atoms with Crippen LogP contribution in [-0.2, 0) is 14.8 Å². The Morgan fingerprint density at radius 3 is 2.22 bits per heavy atom. The van der Waals surface area contributed by atoms with Gasteiger partial charge in [0.15, 0.2) is 0 Å². The lowest BCUT2D eigenvalue weighted by Crippen LogP contribution is -2.43. The van der Waals surface area contributed by atoms with Crippen LogP contribution >= 0.6 is 0 Å². The van der Waals surface area contributed by atoms with Crippen LogP contribution in [0, 0.1) is 0 Å². The number of benzene rings is 2. The zero-order valence-electron chi connectivity index (χ0n) is 15.9. The summed E-state index contributed by atoms with van der Waals surface area (Å²) in [6.45, 7) is 3.68. The minimum absolute atomic E-state index is 0.00515. The Labute approximate surface area is 161 Å². The minimum Gasteiger partial charge on any atom is -0.457 e. The van der Waals surface area contributed by atoms with Crippen molar-refractivity contribution in [1.82, 2.24) is 5.32 Å². The lowest BCUT2D eigenvalue weighted by atomic mass is 10.2. The summed E-state index contributed by atoms with van der Waals surface area (Å²) in [6.07, 6.45) is 2.88. The first-order chi connectivity index (χ1) is 12.8. The number of anilines is 1. The molecule has 2 aromatic rings. The SMILES string of the molecule is CCC[C@H](C)NC(=O)CN(c1ccc(Oc2ccccc2)cc1)S(C)(=O)=O. The highest BCUT2D eigenvalue weighted by Gasteiger charge is 2.21. The van der Waals surface area contributed by atoms with E-state index >= 15 is 0 Å². The second-order valence-electron chi connectivity index (χ2n) is 6.44. The maximum absolute atomic E-state index is 12.2. The van der Waals surface area contributed by atoms with Gasteiger partial charge in [0, 0.05) is 6.04 Å². The third-order valence-corrected chi connectivity index (χ3v) is 5.06. The fourth-order valence-electron chi connectivity index (χ4n) is 2.66. The summed E-state index contributed by atoms with van der Waals surface area (Å²) in [5.74, 6) is 0.944. The molecule has 0 aromatic heterocycles. The summed E-state index contributed by atoms with van der Waals surface area (Å²) in [5.41, 5.74) is 0.413. The predicted molar refractivity (Wildman–Crippen MR) is 108 cm³/mol. The first kappa shape index (κ1) is 20.8. The average molecular weight is 391 g/mol. The normalized spacial score (nSPS) is 12.3. The van der Waals surface area contributed by atoms with Crippen molar-refractivity contribution >= 4 is 21.6 Å². The zero-order valence-corrected chi connectivity index (χ0v) is 16.7. The summed E-state index contributed by atoms with van der Waals surface area (Å²) < 4.78 is 31.1. The molecule has 1 amide bonds. The number of para-hydroxylation sites is 1. The smallest absolute Gasteiger partial charge is 0.240 e. The number of carbonyl (C=O) groups is 1. The first-order valence-corrected chi connectivity index (χ1v) is 10.7. The van der Waals surface area contributed by atoms with E-state index in [2.05, 4.69) is 5.32 Å². The number of nitrogens with zero attached hydrogens (tertiary/aromatic N) is 1. The Kier molecular flexibility index (Phi) is 7.24. The van der Waals surface area contributed by atoms with Gasteiger partial charge in [-0.1, -0.05) is 31.5 Å². The van der Waals surface area contributed by atoms with Crippen LogP contribution in [0.25, 0.3) is 0 Å². The van der Waals surface area contributed by atoms with E-state index in [9.17, 15) is 13.2 Å². The minimum atomic E-state index is -3.60. The summed E-state index contributed by atoms with van der Waals surface area (Å²) in [6, 6.07) is 15.9. The van der Waals surface area contributed by atoms with Crippen LogP contribution in [0.1, 0.15) is 26.7 Å². The van der Waals surface area contributed by atoms with Gasteiger partial charge in [0.05, 0.1) is 11.9 Å². The molecular weight excluding hydrogens is 364 g/mol. The van der Waals surface area contributed by atoms with Crippen LogP contribution < -0.4 is 14.4 Å². The molecule has 146 valence electrons. The van der Waals surface area contributed by atoms with Crippen LogP contribution in [0.3, 0.4) is 0 Å². The number of nitrogens with one attached hydrogen (secondary N) is 1. The molecule has 0 saturated carbocycles. The number of hydrogen-bond donors (Lipinski definition) is 1. The number of rotatable bonds is 9. The van der Waals surface area contributed by atoms with Gasteiger partial charge >= 0.3 is 0 Å². The molecule has 0 aliphatic heterocycles. The molecule has 6 nitrogen and oxygen atoms in total. The second-order valence-corrected chi connectivity index (χ2v) is 8.34. The Hall–Kier alpha value is -2.54. The van der Waals surface area contributed by atoms with E-state index in [4.69, 9.17) is 4.74 Å². The predicted octanol–water partition coefficient (Wildman–Crippen LogP) is 3.55. The number of carbonyl (C=O) groups excluding carboxylic acids is 1.